The first-order chi connectivity index (χ1) is 7.70. The van der Waals surface area contributed by atoms with Gasteiger partial charge in [-0.1, -0.05) is 40.2 Å². The fraction of sp³-hybridized carbons (Fsp3) is 0.0769. The van der Waals surface area contributed by atoms with E-state index in [1.807, 2.05) is 12.1 Å². The van der Waals surface area contributed by atoms with Gasteiger partial charge in [-0.15, -0.1) is 0 Å². The Morgan fingerprint density at radius 2 is 1.94 bits per heavy atom. The molecule has 0 unspecified atom stereocenters. The lowest BCUT2D eigenvalue weighted by atomic mass is 10.0. The molecule has 16 heavy (non-hydrogen) atoms. The highest BCUT2D eigenvalue weighted by atomic mass is 79.9. The van der Waals surface area contributed by atoms with E-state index in [0.29, 0.717) is 10.0 Å². The second-order valence-electron chi connectivity index (χ2n) is 3.48. The van der Waals surface area contributed by atoms with Crippen LogP contribution in [0.25, 0.3) is 11.1 Å². The van der Waals surface area contributed by atoms with Crippen LogP contribution in [-0.2, 0) is 6.61 Å². The van der Waals surface area contributed by atoms with Crippen LogP contribution in [0.2, 0.25) is 0 Å². The van der Waals surface area contributed by atoms with Gasteiger partial charge in [-0.05, 0) is 29.3 Å². The number of hydrogen-bond donors (Lipinski definition) is 1. The first-order valence-electron chi connectivity index (χ1n) is 4.86. The molecule has 2 aromatic carbocycles. The van der Waals surface area contributed by atoms with Crippen molar-refractivity contribution in [1.82, 2.24) is 0 Å². The van der Waals surface area contributed by atoms with E-state index >= 15 is 0 Å². The molecule has 2 rings (SSSR count). The number of rotatable bonds is 2. The second kappa shape index (κ2) is 4.76. The van der Waals surface area contributed by atoms with Gasteiger partial charge in [-0.2, -0.15) is 0 Å². The van der Waals surface area contributed by atoms with Gasteiger partial charge < -0.3 is 5.11 Å². The van der Waals surface area contributed by atoms with E-state index in [1.165, 1.54) is 6.07 Å². The Kier molecular flexibility index (Phi) is 3.36. The average Bonchev–Trinajstić information content (AvgIpc) is 2.29. The topological polar surface area (TPSA) is 20.2 Å². The Morgan fingerprint density at radius 1 is 1.12 bits per heavy atom. The Hall–Kier alpha value is -1.19. The van der Waals surface area contributed by atoms with Crippen LogP contribution in [0.4, 0.5) is 4.39 Å². The maximum atomic E-state index is 13.7. The molecule has 0 heterocycles. The minimum absolute atomic E-state index is 0.0357. The van der Waals surface area contributed by atoms with Crippen LogP contribution in [-0.4, -0.2) is 5.11 Å². The maximum Gasteiger partial charge on any atom is 0.132 e. The number of aliphatic hydroxyl groups is 1. The Balaban J connectivity index is 2.49. The molecule has 1 N–H and O–H groups in total. The van der Waals surface area contributed by atoms with E-state index in [0.717, 1.165) is 11.1 Å². The number of benzene rings is 2. The van der Waals surface area contributed by atoms with Gasteiger partial charge in [0.05, 0.1) is 6.61 Å². The molecule has 0 atom stereocenters. The standard InChI is InChI=1S/C13H10BrFO/c14-11-4-5-12(13(15)7-11)10-3-1-2-9(6-10)8-16/h1-7,16H,8H2. The first-order valence-corrected chi connectivity index (χ1v) is 5.65. The van der Waals surface area contributed by atoms with E-state index in [9.17, 15) is 4.39 Å². The van der Waals surface area contributed by atoms with Crippen LogP contribution in [0.1, 0.15) is 5.56 Å². The van der Waals surface area contributed by atoms with Gasteiger partial charge in [0, 0.05) is 10.0 Å². The molecule has 1 nitrogen and oxygen atoms in total. The largest absolute Gasteiger partial charge is 0.392 e. The lowest BCUT2D eigenvalue weighted by Gasteiger charge is -2.05. The monoisotopic (exact) mass is 280 g/mol. The summed E-state index contributed by atoms with van der Waals surface area (Å²) < 4.78 is 14.4. The van der Waals surface area contributed by atoms with E-state index in [4.69, 9.17) is 5.11 Å². The van der Waals surface area contributed by atoms with Gasteiger partial charge in [0.15, 0.2) is 0 Å². The van der Waals surface area contributed by atoms with Crippen molar-refractivity contribution in [3.63, 3.8) is 0 Å². The van der Waals surface area contributed by atoms with Crippen molar-refractivity contribution < 1.29 is 9.50 Å². The van der Waals surface area contributed by atoms with Gasteiger partial charge in [-0.3, -0.25) is 0 Å². The molecular weight excluding hydrogens is 271 g/mol. The van der Waals surface area contributed by atoms with Crippen molar-refractivity contribution in [3.05, 3.63) is 58.3 Å². The first kappa shape index (κ1) is 11.3. The number of aliphatic hydroxyl groups excluding tert-OH is 1. The Morgan fingerprint density at radius 3 is 2.62 bits per heavy atom. The molecule has 0 bridgehead atoms. The van der Waals surface area contributed by atoms with Gasteiger partial charge >= 0.3 is 0 Å². The summed E-state index contributed by atoms with van der Waals surface area (Å²) in [5.41, 5.74) is 2.09. The SMILES string of the molecule is OCc1cccc(-c2ccc(Br)cc2F)c1. The lowest BCUT2D eigenvalue weighted by molar-refractivity contribution is 0.282. The summed E-state index contributed by atoms with van der Waals surface area (Å²) in [4.78, 5) is 0. The van der Waals surface area contributed by atoms with Crippen molar-refractivity contribution in [2.75, 3.05) is 0 Å². The molecule has 0 saturated heterocycles. The van der Waals surface area contributed by atoms with Crippen LogP contribution < -0.4 is 0 Å². The molecule has 0 saturated carbocycles. The maximum absolute atomic E-state index is 13.7. The summed E-state index contributed by atoms with van der Waals surface area (Å²) in [5.74, 6) is -0.274. The highest BCUT2D eigenvalue weighted by Crippen LogP contribution is 2.26. The molecular formula is C13H10BrFO. The van der Waals surface area contributed by atoms with E-state index < -0.39 is 0 Å². The highest BCUT2D eigenvalue weighted by molar-refractivity contribution is 9.10. The van der Waals surface area contributed by atoms with E-state index in [2.05, 4.69) is 15.9 Å². The molecule has 2 aromatic rings. The van der Waals surface area contributed by atoms with Crippen LogP contribution in [0.15, 0.2) is 46.9 Å². The summed E-state index contributed by atoms with van der Waals surface area (Å²) >= 11 is 3.22. The number of hydrogen-bond acceptors (Lipinski definition) is 1. The third-order valence-electron chi connectivity index (χ3n) is 2.35. The summed E-state index contributed by atoms with van der Waals surface area (Å²) in [6.07, 6.45) is 0. The van der Waals surface area contributed by atoms with Crippen molar-refractivity contribution in [2.24, 2.45) is 0 Å². The minimum Gasteiger partial charge on any atom is -0.392 e. The fourth-order valence-electron chi connectivity index (χ4n) is 1.56. The predicted molar refractivity (Wildman–Crippen MR) is 65.5 cm³/mol. The van der Waals surface area contributed by atoms with Gasteiger partial charge in [0.2, 0.25) is 0 Å². The minimum atomic E-state index is -0.274. The predicted octanol–water partition coefficient (Wildman–Crippen LogP) is 3.75. The van der Waals surface area contributed by atoms with E-state index in [1.54, 1.807) is 24.3 Å². The Bertz CT molecular complexity index is 511. The molecule has 0 aliphatic rings. The van der Waals surface area contributed by atoms with Crippen molar-refractivity contribution >= 4 is 15.9 Å². The average molecular weight is 281 g/mol. The molecule has 0 fully saturated rings. The lowest BCUT2D eigenvalue weighted by Crippen LogP contribution is -1.87. The molecule has 82 valence electrons. The molecule has 0 radical (unpaired) electrons. The van der Waals surface area contributed by atoms with Gasteiger partial charge in [-0.25, -0.2) is 4.39 Å². The normalized spacial score (nSPS) is 10.4. The van der Waals surface area contributed by atoms with E-state index in [-0.39, 0.29) is 12.4 Å². The Labute approximate surface area is 102 Å². The summed E-state index contributed by atoms with van der Waals surface area (Å²) in [6.45, 7) is -0.0357. The zero-order valence-corrected chi connectivity index (χ0v) is 10.0. The summed E-state index contributed by atoms with van der Waals surface area (Å²) in [6, 6.07) is 12.2. The molecule has 0 amide bonds. The van der Waals surface area contributed by atoms with Crippen molar-refractivity contribution in [3.8, 4) is 11.1 Å². The van der Waals surface area contributed by atoms with Crippen LogP contribution in [0.5, 0.6) is 0 Å². The molecule has 0 aliphatic heterocycles. The second-order valence-corrected chi connectivity index (χ2v) is 4.40. The molecule has 0 spiro atoms. The molecule has 3 heteroatoms. The van der Waals surface area contributed by atoms with Gasteiger partial charge in [0.25, 0.3) is 0 Å². The summed E-state index contributed by atoms with van der Waals surface area (Å²) in [7, 11) is 0. The zero-order chi connectivity index (χ0) is 11.5. The van der Waals surface area contributed by atoms with Crippen LogP contribution in [0.3, 0.4) is 0 Å². The third kappa shape index (κ3) is 2.31. The smallest absolute Gasteiger partial charge is 0.132 e. The van der Waals surface area contributed by atoms with Crippen LogP contribution in [0, 0.1) is 5.82 Å². The fourth-order valence-corrected chi connectivity index (χ4v) is 1.89. The van der Waals surface area contributed by atoms with Gasteiger partial charge in [0.1, 0.15) is 5.82 Å². The zero-order valence-electron chi connectivity index (χ0n) is 8.45. The third-order valence-corrected chi connectivity index (χ3v) is 2.84. The molecule has 0 aliphatic carbocycles. The quantitative estimate of drug-likeness (QED) is 0.888. The van der Waals surface area contributed by atoms with Crippen LogP contribution >= 0.6 is 15.9 Å². The van der Waals surface area contributed by atoms with Crippen molar-refractivity contribution in [1.29, 1.82) is 0 Å². The summed E-state index contributed by atoms with van der Waals surface area (Å²) in [5, 5.41) is 9.02. The number of halogens is 2. The highest BCUT2D eigenvalue weighted by Gasteiger charge is 2.05. The molecule has 0 aromatic heterocycles. The van der Waals surface area contributed by atoms with Crippen molar-refractivity contribution in [2.45, 2.75) is 6.61 Å².